The molecule has 2 aromatic carbocycles. The highest BCUT2D eigenvalue weighted by Gasteiger charge is 2.03. The summed E-state index contributed by atoms with van der Waals surface area (Å²) in [7, 11) is 0. The predicted molar refractivity (Wildman–Crippen MR) is 87.3 cm³/mol. The lowest BCUT2D eigenvalue weighted by atomic mass is 10.2. The first-order valence-corrected chi connectivity index (χ1v) is 5.58. The Labute approximate surface area is 127 Å². The van der Waals surface area contributed by atoms with Crippen LogP contribution in [0.25, 0.3) is 20.2 Å². The number of rotatable bonds is 0. The molecule has 0 bridgehead atoms. The molecule has 0 aliphatic heterocycles. The molecule has 1 nitrogen and oxygen atoms in total. The summed E-state index contributed by atoms with van der Waals surface area (Å²) in [5.74, 6) is 0. The molecule has 3 aromatic rings. The van der Waals surface area contributed by atoms with Crippen LogP contribution in [-0.4, -0.2) is 0 Å². The third-order valence-corrected chi connectivity index (χ3v) is 3.64. The van der Waals surface area contributed by atoms with Crippen molar-refractivity contribution < 1.29 is 0 Å². The van der Waals surface area contributed by atoms with Crippen molar-refractivity contribution in [1.82, 2.24) is 0 Å². The van der Waals surface area contributed by atoms with Crippen LogP contribution in [0.5, 0.6) is 0 Å². The highest BCUT2D eigenvalue weighted by atomic mass is 35.5. The maximum Gasteiger partial charge on any atom is 0.195 e. The van der Waals surface area contributed by atoms with Crippen LogP contribution in [0.4, 0.5) is 0 Å². The third kappa shape index (κ3) is 2.78. The van der Waals surface area contributed by atoms with Crippen LogP contribution in [0.15, 0.2) is 53.3 Å². The van der Waals surface area contributed by atoms with Gasteiger partial charge in [0.05, 0.1) is 0 Å². The second kappa shape index (κ2) is 6.95. The molecule has 0 radical (unpaired) electrons. The van der Waals surface area contributed by atoms with Gasteiger partial charge in [0.15, 0.2) is 5.43 Å². The average Bonchev–Trinajstić information content (AvgIpc) is 2.30. The molecule has 0 fully saturated rings. The van der Waals surface area contributed by atoms with Gasteiger partial charge in [-0.3, -0.25) is 4.79 Å². The van der Waals surface area contributed by atoms with E-state index in [2.05, 4.69) is 0 Å². The van der Waals surface area contributed by atoms with Crippen molar-refractivity contribution in [3.63, 3.8) is 0 Å². The molecular formula is C13H11Cl3OS. The van der Waals surface area contributed by atoms with Crippen molar-refractivity contribution in [3.8, 4) is 0 Å². The summed E-state index contributed by atoms with van der Waals surface area (Å²) in [4.78, 5) is 12.1. The molecule has 0 atom stereocenters. The molecule has 0 spiro atoms. The van der Waals surface area contributed by atoms with Crippen LogP contribution in [0.3, 0.4) is 0 Å². The van der Waals surface area contributed by atoms with E-state index < -0.39 is 0 Å². The predicted octanol–water partition coefficient (Wildman–Crippen LogP) is 4.68. The lowest BCUT2D eigenvalue weighted by Crippen LogP contribution is -1.99. The van der Waals surface area contributed by atoms with Gasteiger partial charge in [0, 0.05) is 20.2 Å². The SMILES string of the molecule is Cl.Cl.Cl.O=c1c2ccccc2sc2ccccc12. The molecule has 18 heavy (non-hydrogen) atoms. The maximum absolute atomic E-state index is 12.1. The highest BCUT2D eigenvalue weighted by Crippen LogP contribution is 2.23. The molecule has 0 aliphatic rings. The van der Waals surface area contributed by atoms with Crippen molar-refractivity contribution >= 4 is 68.7 Å². The van der Waals surface area contributed by atoms with E-state index >= 15 is 0 Å². The second-order valence-corrected chi connectivity index (χ2v) is 4.51. The maximum atomic E-state index is 12.1. The molecule has 1 aromatic heterocycles. The number of hydrogen-bond donors (Lipinski definition) is 0. The number of benzene rings is 2. The van der Waals surface area contributed by atoms with E-state index in [1.165, 1.54) is 0 Å². The van der Waals surface area contributed by atoms with Crippen LogP contribution in [0, 0.1) is 0 Å². The third-order valence-electron chi connectivity index (χ3n) is 2.48. The van der Waals surface area contributed by atoms with Gasteiger partial charge in [-0.15, -0.1) is 48.6 Å². The Balaban J connectivity index is 0.000000963. The topological polar surface area (TPSA) is 17.1 Å². The van der Waals surface area contributed by atoms with Gasteiger partial charge >= 0.3 is 0 Å². The van der Waals surface area contributed by atoms with Gasteiger partial charge in [-0.05, 0) is 24.3 Å². The summed E-state index contributed by atoms with van der Waals surface area (Å²) in [6.45, 7) is 0. The fourth-order valence-electron chi connectivity index (χ4n) is 1.75. The van der Waals surface area contributed by atoms with Crippen molar-refractivity contribution in [1.29, 1.82) is 0 Å². The van der Waals surface area contributed by atoms with Gasteiger partial charge in [0.1, 0.15) is 0 Å². The zero-order valence-corrected chi connectivity index (χ0v) is 12.4. The van der Waals surface area contributed by atoms with E-state index in [0.717, 1.165) is 20.2 Å². The molecule has 96 valence electrons. The molecule has 0 unspecified atom stereocenters. The van der Waals surface area contributed by atoms with Crippen LogP contribution in [0.2, 0.25) is 0 Å². The smallest absolute Gasteiger partial charge is 0.195 e. The first-order valence-electron chi connectivity index (χ1n) is 4.77. The minimum atomic E-state index is 0. The van der Waals surface area contributed by atoms with E-state index in [4.69, 9.17) is 0 Å². The van der Waals surface area contributed by atoms with E-state index in [9.17, 15) is 4.79 Å². The van der Waals surface area contributed by atoms with Crippen molar-refractivity contribution in [2.24, 2.45) is 0 Å². The van der Waals surface area contributed by atoms with Gasteiger partial charge in [-0.1, -0.05) is 24.3 Å². The average molecular weight is 322 g/mol. The lowest BCUT2D eigenvalue weighted by Gasteiger charge is -1.99. The molecule has 0 saturated heterocycles. The highest BCUT2D eigenvalue weighted by molar-refractivity contribution is 7.24. The summed E-state index contributed by atoms with van der Waals surface area (Å²) in [6.07, 6.45) is 0. The first-order chi connectivity index (χ1) is 7.36. The Kier molecular flexibility index (Phi) is 6.64. The van der Waals surface area contributed by atoms with E-state index in [1.54, 1.807) is 11.3 Å². The van der Waals surface area contributed by atoms with Crippen LogP contribution in [0.1, 0.15) is 0 Å². The monoisotopic (exact) mass is 320 g/mol. The van der Waals surface area contributed by atoms with Crippen molar-refractivity contribution in [2.75, 3.05) is 0 Å². The summed E-state index contributed by atoms with van der Waals surface area (Å²) < 4.78 is 2.11. The van der Waals surface area contributed by atoms with Gasteiger partial charge in [0.25, 0.3) is 0 Å². The first kappa shape index (κ1) is 17.2. The summed E-state index contributed by atoms with van der Waals surface area (Å²) in [5, 5.41) is 1.64. The Morgan fingerprint density at radius 3 is 1.50 bits per heavy atom. The Bertz CT molecular complexity index is 652. The van der Waals surface area contributed by atoms with E-state index in [0.29, 0.717) is 0 Å². The molecule has 0 saturated carbocycles. The molecule has 0 aliphatic carbocycles. The standard InChI is InChI=1S/C13H8OS.3ClH/c14-13-9-5-1-3-7-11(9)15-12-8-4-2-6-10(12)13;;;/h1-8H;3*1H. The van der Waals surface area contributed by atoms with E-state index in [1.807, 2.05) is 48.5 Å². The zero-order valence-electron chi connectivity index (χ0n) is 9.16. The zero-order chi connectivity index (χ0) is 10.3. The molecule has 0 amide bonds. The van der Waals surface area contributed by atoms with Gasteiger partial charge < -0.3 is 0 Å². The van der Waals surface area contributed by atoms with Crippen molar-refractivity contribution in [2.45, 2.75) is 0 Å². The van der Waals surface area contributed by atoms with E-state index in [-0.39, 0.29) is 42.6 Å². The normalized spacial score (nSPS) is 9.11. The number of fused-ring (bicyclic) bond motifs is 2. The van der Waals surface area contributed by atoms with Crippen LogP contribution >= 0.6 is 48.6 Å². The van der Waals surface area contributed by atoms with Crippen LogP contribution < -0.4 is 5.43 Å². The second-order valence-electron chi connectivity index (χ2n) is 3.42. The largest absolute Gasteiger partial charge is 0.289 e. The summed E-state index contributed by atoms with van der Waals surface area (Å²) in [6, 6.07) is 15.5. The number of hydrogen-bond acceptors (Lipinski definition) is 2. The lowest BCUT2D eigenvalue weighted by molar-refractivity contribution is 1.75. The fourth-order valence-corrected chi connectivity index (χ4v) is 2.82. The molecule has 3 rings (SSSR count). The molecule has 5 heteroatoms. The quantitative estimate of drug-likeness (QED) is 0.549. The molecule has 1 heterocycles. The molecular weight excluding hydrogens is 311 g/mol. The fraction of sp³-hybridized carbons (Fsp3) is 0. The minimum Gasteiger partial charge on any atom is -0.289 e. The van der Waals surface area contributed by atoms with Crippen LogP contribution in [-0.2, 0) is 0 Å². The number of halogens is 3. The van der Waals surface area contributed by atoms with Gasteiger partial charge in [-0.25, -0.2) is 0 Å². The van der Waals surface area contributed by atoms with Gasteiger partial charge in [0.2, 0.25) is 0 Å². The molecule has 0 N–H and O–H groups in total. The van der Waals surface area contributed by atoms with Gasteiger partial charge in [-0.2, -0.15) is 0 Å². The Morgan fingerprint density at radius 2 is 1.06 bits per heavy atom. The summed E-state index contributed by atoms with van der Waals surface area (Å²) in [5.41, 5.74) is 0.139. The summed E-state index contributed by atoms with van der Waals surface area (Å²) >= 11 is 1.67. The Morgan fingerprint density at radius 1 is 0.667 bits per heavy atom. The minimum absolute atomic E-state index is 0. The van der Waals surface area contributed by atoms with Crippen molar-refractivity contribution in [3.05, 3.63) is 58.8 Å². The Hall–Kier alpha value is -0.800.